The lowest BCUT2D eigenvalue weighted by Gasteiger charge is -2.34. The highest BCUT2D eigenvalue weighted by molar-refractivity contribution is 5.94. The fourth-order valence-electron chi connectivity index (χ4n) is 3.30. The molecule has 2 N–H and O–H groups in total. The highest BCUT2D eigenvalue weighted by Crippen LogP contribution is 2.23. The number of carbonyl (C=O) groups is 1. The second-order valence-electron chi connectivity index (χ2n) is 6.81. The molecule has 2 atom stereocenters. The quantitative estimate of drug-likeness (QED) is 0.931. The summed E-state index contributed by atoms with van der Waals surface area (Å²) in [5.74, 6) is 1.25. The van der Waals surface area contributed by atoms with E-state index in [9.17, 15) is 4.79 Å². The molecule has 25 heavy (non-hydrogen) atoms. The van der Waals surface area contributed by atoms with E-state index in [1.165, 1.54) is 0 Å². The Labute approximate surface area is 149 Å². The zero-order valence-electron chi connectivity index (χ0n) is 14.9. The van der Waals surface area contributed by atoms with Crippen LogP contribution in [0, 0.1) is 5.92 Å². The molecule has 1 saturated heterocycles. The molecule has 5 heteroatoms. The molecule has 1 aliphatic rings. The summed E-state index contributed by atoms with van der Waals surface area (Å²) in [7, 11) is 1.97. The van der Waals surface area contributed by atoms with Gasteiger partial charge in [0.1, 0.15) is 5.82 Å². The summed E-state index contributed by atoms with van der Waals surface area (Å²) < 4.78 is 0. The van der Waals surface area contributed by atoms with Gasteiger partial charge in [-0.1, -0.05) is 18.2 Å². The van der Waals surface area contributed by atoms with Crippen LogP contribution in [0.15, 0.2) is 48.7 Å². The van der Waals surface area contributed by atoms with E-state index in [1.54, 1.807) is 6.20 Å². The normalized spacial score (nSPS) is 18.7. The van der Waals surface area contributed by atoms with Gasteiger partial charge in [0.15, 0.2) is 0 Å². The van der Waals surface area contributed by atoms with Crippen LogP contribution in [-0.2, 0) is 0 Å². The fraction of sp³-hybridized carbons (Fsp3) is 0.400. The van der Waals surface area contributed by atoms with Gasteiger partial charge in [-0.3, -0.25) is 4.79 Å². The van der Waals surface area contributed by atoms with Crippen LogP contribution in [0.3, 0.4) is 0 Å². The van der Waals surface area contributed by atoms with E-state index in [-0.39, 0.29) is 11.9 Å². The molecule has 5 nitrogen and oxygen atoms in total. The Kier molecular flexibility index (Phi) is 5.34. The van der Waals surface area contributed by atoms with Gasteiger partial charge in [-0.2, -0.15) is 0 Å². The number of aromatic nitrogens is 1. The minimum absolute atomic E-state index is 0.0479. The molecule has 1 amide bonds. The van der Waals surface area contributed by atoms with Crippen molar-refractivity contribution in [1.29, 1.82) is 0 Å². The number of nitrogens with two attached hydrogens (primary N) is 1. The van der Waals surface area contributed by atoms with Gasteiger partial charge in [0.05, 0.1) is 5.56 Å². The van der Waals surface area contributed by atoms with Crippen molar-refractivity contribution < 1.29 is 4.79 Å². The van der Waals surface area contributed by atoms with E-state index >= 15 is 0 Å². The molecule has 1 fully saturated rings. The summed E-state index contributed by atoms with van der Waals surface area (Å²) in [6.45, 7) is 3.56. The molecule has 3 rings (SSSR count). The average molecular weight is 338 g/mol. The van der Waals surface area contributed by atoms with E-state index in [4.69, 9.17) is 5.73 Å². The number of likely N-dealkylation sites (tertiary alicyclic amines) is 1. The number of pyridine rings is 1. The highest BCUT2D eigenvalue weighted by atomic mass is 16.2. The van der Waals surface area contributed by atoms with Crippen LogP contribution in [0.1, 0.15) is 30.1 Å². The number of para-hydroxylation sites is 1. The van der Waals surface area contributed by atoms with Gasteiger partial charge in [-0.05, 0) is 49.9 Å². The molecular weight excluding hydrogens is 312 g/mol. The first kappa shape index (κ1) is 17.4. The number of piperidine rings is 1. The second kappa shape index (κ2) is 7.66. The monoisotopic (exact) mass is 338 g/mol. The van der Waals surface area contributed by atoms with Crippen molar-refractivity contribution in [3.63, 3.8) is 0 Å². The smallest absolute Gasteiger partial charge is 0.255 e. The van der Waals surface area contributed by atoms with Crippen molar-refractivity contribution in [2.75, 3.05) is 25.0 Å². The third-order valence-electron chi connectivity index (χ3n) is 4.97. The van der Waals surface area contributed by atoms with E-state index in [2.05, 4.69) is 4.98 Å². The zero-order valence-corrected chi connectivity index (χ0v) is 14.9. The summed E-state index contributed by atoms with van der Waals surface area (Å²) in [4.78, 5) is 21.1. The maximum Gasteiger partial charge on any atom is 0.255 e. The number of rotatable bonds is 4. The molecule has 132 valence electrons. The molecule has 0 saturated carbocycles. The SMILES string of the molecule is CC(N)C1CCCN(C(=O)c2ccc(N(C)c3ccccc3)nc2)C1. The molecule has 1 aromatic heterocycles. The summed E-state index contributed by atoms with van der Waals surface area (Å²) >= 11 is 0. The Hall–Kier alpha value is -2.40. The van der Waals surface area contributed by atoms with Crippen molar-refractivity contribution in [3.05, 3.63) is 54.2 Å². The summed E-state index contributed by atoms with van der Waals surface area (Å²) in [6.07, 6.45) is 3.79. The lowest BCUT2D eigenvalue weighted by atomic mass is 9.92. The molecular formula is C20H26N4O. The lowest BCUT2D eigenvalue weighted by molar-refractivity contribution is 0.0660. The summed E-state index contributed by atoms with van der Waals surface area (Å²) in [5.41, 5.74) is 7.72. The first-order valence-corrected chi connectivity index (χ1v) is 8.86. The van der Waals surface area contributed by atoms with Gasteiger partial charge < -0.3 is 15.5 Å². The number of nitrogens with zero attached hydrogens (tertiary/aromatic N) is 3. The number of anilines is 2. The van der Waals surface area contributed by atoms with E-state index in [0.717, 1.165) is 37.4 Å². The van der Waals surface area contributed by atoms with Crippen molar-refractivity contribution in [2.45, 2.75) is 25.8 Å². The van der Waals surface area contributed by atoms with E-state index < -0.39 is 0 Å². The van der Waals surface area contributed by atoms with Crippen LogP contribution >= 0.6 is 0 Å². The van der Waals surface area contributed by atoms with Crippen molar-refractivity contribution >= 4 is 17.4 Å². The minimum Gasteiger partial charge on any atom is -0.338 e. The number of benzene rings is 1. The third-order valence-corrected chi connectivity index (χ3v) is 4.97. The van der Waals surface area contributed by atoms with Crippen molar-refractivity contribution in [1.82, 2.24) is 9.88 Å². The predicted molar refractivity (Wildman–Crippen MR) is 101 cm³/mol. The Morgan fingerprint density at radius 2 is 2.04 bits per heavy atom. The Bertz CT molecular complexity index is 699. The van der Waals surface area contributed by atoms with E-state index in [1.807, 2.05) is 66.2 Å². The maximum absolute atomic E-state index is 12.8. The Balaban J connectivity index is 1.70. The van der Waals surface area contributed by atoms with E-state index in [0.29, 0.717) is 11.5 Å². The highest BCUT2D eigenvalue weighted by Gasteiger charge is 2.26. The van der Waals surface area contributed by atoms with Gasteiger partial charge in [-0.15, -0.1) is 0 Å². The first-order chi connectivity index (χ1) is 12.1. The Morgan fingerprint density at radius 3 is 2.68 bits per heavy atom. The third kappa shape index (κ3) is 3.99. The molecule has 2 unspecified atom stereocenters. The number of amides is 1. The van der Waals surface area contributed by atoms with Crippen molar-refractivity contribution in [2.24, 2.45) is 11.7 Å². The van der Waals surface area contributed by atoms with Gasteiger partial charge >= 0.3 is 0 Å². The minimum atomic E-state index is 0.0479. The van der Waals surface area contributed by atoms with Crippen molar-refractivity contribution in [3.8, 4) is 0 Å². The lowest BCUT2D eigenvalue weighted by Crippen LogP contribution is -2.45. The molecule has 1 aliphatic heterocycles. The molecule has 0 bridgehead atoms. The first-order valence-electron chi connectivity index (χ1n) is 8.86. The molecule has 0 radical (unpaired) electrons. The van der Waals surface area contributed by atoms with Crippen LogP contribution in [0.25, 0.3) is 0 Å². The topological polar surface area (TPSA) is 62.5 Å². The summed E-state index contributed by atoms with van der Waals surface area (Å²) in [5, 5.41) is 0. The number of hydrogen-bond donors (Lipinski definition) is 1. The summed E-state index contributed by atoms with van der Waals surface area (Å²) in [6, 6.07) is 13.9. The van der Waals surface area contributed by atoms with Crippen LogP contribution in [0.2, 0.25) is 0 Å². The molecule has 0 spiro atoms. The van der Waals surface area contributed by atoms with Gasteiger partial charge in [-0.25, -0.2) is 4.98 Å². The predicted octanol–water partition coefficient (Wildman–Crippen LogP) is 3.05. The molecule has 0 aliphatic carbocycles. The zero-order chi connectivity index (χ0) is 17.8. The molecule has 2 heterocycles. The standard InChI is InChI=1S/C20H26N4O/c1-15(21)17-7-6-12-24(14-17)20(25)16-10-11-19(22-13-16)23(2)18-8-4-3-5-9-18/h3-5,8-11,13,15,17H,6-7,12,14,21H2,1-2H3. The number of carbonyl (C=O) groups excluding carboxylic acids is 1. The van der Waals surface area contributed by atoms with Crippen LogP contribution in [0.4, 0.5) is 11.5 Å². The maximum atomic E-state index is 12.8. The Morgan fingerprint density at radius 1 is 1.28 bits per heavy atom. The van der Waals surface area contributed by atoms with Gasteiger partial charge in [0.2, 0.25) is 0 Å². The van der Waals surface area contributed by atoms with Gasteiger partial charge in [0.25, 0.3) is 5.91 Å². The second-order valence-corrected chi connectivity index (χ2v) is 6.81. The van der Waals surface area contributed by atoms with Crippen LogP contribution in [-0.4, -0.2) is 42.0 Å². The van der Waals surface area contributed by atoms with Crippen LogP contribution < -0.4 is 10.6 Å². The fourth-order valence-corrected chi connectivity index (χ4v) is 3.30. The average Bonchev–Trinajstić information content (AvgIpc) is 2.67. The molecule has 1 aromatic carbocycles. The largest absolute Gasteiger partial charge is 0.338 e. The number of hydrogen-bond acceptors (Lipinski definition) is 4. The molecule has 2 aromatic rings. The van der Waals surface area contributed by atoms with Gasteiger partial charge in [0, 0.05) is 38.1 Å². The van der Waals surface area contributed by atoms with Crippen LogP contribution in [0.5, 0.6) is 0 Å².